The number of halogens is 5. The number of carbonyl (C=O) groups excluding carboxylic acids is 2. The number of aryl methyl sites for hydroxylation is 1. The number of ether oxygens (including phenoxy) is 1. The van der Waals surface area contributed by atoms with Crippen LogP contribution in [0.15, 0.2) is 53.3 Å². The first-order valence-electron chi connectivity index (χ1n) is 13.3. The van der Waals surface area contributed by atoms with Crippen molar-refractivity contribution in [3.05, 3.63) is 91.3 Å². The highest BCUT2D eigenvalue weighted by Gasteiger charge is 2.34. The van der Waals surface area contributed by atoms with Crippen LogP contribution in [0.4, 0.5) is 13.2 Å². The summed E-state index contributed by atoms with van der Waals surface area (Å²) in [6.07, 6.45) is -4.64. The molecular weight excluding hydrogens is 594 g/mol. The number of benzene rings is 2. The summed E-state index contributed by atoms with van der Waals surface area (Å²) < 4.78 is 46.1. The third-order valence-corrected chi connectivity index (χ3v) is 7.56. The molecule has 0 radical (unpaired) electrons. The molecule has 0 bridgehead atoms. The van der Waals surface area contributed by atoms with Crippen molar-refractivity contribution in [2.45, 2.75) is 39.4 Å². The molecule has 0 aliphatic rings. The summed E-state index contributed by atoms with van der Waals surface area (Å²) in [6.45, 7) is 7.64. The summed E-state index contributed by atoms with van der Waals surface area (Å²) in [7, 11) is 1.08. The van der Waals surface area contributed by atoms with Crippen molar-refractivity contribution in [2.75, 3.05) is 26.2 Å². The Morgan fingerprint density at radius 2 is 1.64 bits per heavy atom. The van der Waals surface area contributed by atoms with E-state index in [-0.39, 0.29) is 39.8 Å². The number of amides is 1. The van der Waals surface area contributed by atoms with Crippen LogP contribution in [0.2, 0.25) is 10.0 Å². The largest absolute Gasteiger partial charge is 0.463 e. The van der Waals surface area contributed by atoms with Gasteiger partial charge in [0.25, 0.3) is 11.5 Å². The minimum absolute atomic E-state index is 0.0192. The maximum atomic E-state index is 13.3. The Labute approximate surface area is 252 Å². The van der Waals surface area contributed by atoms with Gasteiger partial charge in [-0.2, -0.15) is 13.2 Å². The van der Waals surface area contributed by atoms with E-state index in [0.29, 0.717) is 22.2 Å². The zero-order chi connectivity index (χ0) is 31.2. The van der Waals surface area contributed by atoms with Gasteiger partial charge in [0, 0.05) is 20.0 Å². The molecule has 0 fully saturated rings. The predicted octanol–water partition coefficient (Wildman–Crippen LogP) is 5.91. The molecule has 1 amide bonds. The molecule has 12 heteroatoms. The third kappa shape index (κ3) is 7.93. The fourth-order valence-corrected chi connectivity index (χ4v) is 5.11. The SMILES string of the molecule is CCN(CC)CCOC(=O)C(Cc1ccc(-c2c(C)cc(C(F)(F)F)n(C)c2=O)cc1)NC(=O)c1c(Cl)cccc1Cl. The van der Waals surface area contributed by atoms with Crippen LogP contribution in [-0.2, 0) is 29.2 Å². The zero-order valence-corrected chi connectivity index (χ0v) is 25.2. The highest BCUT2D eigenvalue weighted by Crippen LogP contribution is 2.31. The first-order chi connectivity index (χ1) is 19.8. The van der Waals surface area contributed by atoms with Crippen molar-refractivity contribution in [1.82, 2.24) is 14.8 Å². The predicted molar refractivity (Wildman–Crippen MR) is 157 cm³/mol. The lowest BCUT2D eigenvalue weighted by Crippen LogP contribution is -2.44. The fourth-order valence-electron chi connectivity index (χ4n) is 4.54. The maximum Gasteiger partial charge on any atom is 0.431 e. The summed E-state index contributed by atoms with van der Waals surface area (Å²) in [4.78, 5) is 41.1. The average Bonchev–Trinajstić information content (AvgIpc) is 2.93. The van der Waals surface area contributed by atoms with E-state index in [1.165, 1.54) is 19.1 Å². The van der Waals surface area contributed by atoms with Crippen molar-refractivity contribution >= 4 is 35.1 Å². The summed E-state index contributed by atoms with van der Waals surface area (Å²) in [6, 6.07) is 10.9. The zero-order valence-electron chi connectivity index (χ0n) is 23.6. The van der Waals surface area contributed by atoms with E-state index < -0.39 is 35.3 Å². The van der Waals surface area contributed by atoms with Gasteiger partial charge in [0.15, 0.2) is 0 Å². The second-order valence-corrected chi connectivity index (χ2v) is 10.5. The van der Waals surface area contributed by atoms with E-state index in [4.69, 9.17) is 27.9 Å². The summed E-state index contributed by atoms with van der Waals surface area (Å²) >= 11 is 12.4. The molecule has 1 heterocycles. The molecule has 2 aromatic carbocycles. The van der Waals surface area contributed by atoms with E-state index in [1.54, 1.807) is 30.3 Å². The van der Waals surface area contributed by atoms with Gasteiger partial charge in [-0.05, 0) is 54.9 Å². The fraction of sp³-hybridized carbons (Fsp3) is 0.367. The molecule has 1 aromatic heterocycles. The molecule has 3 aromatic rings. The number of nitrogens with one attached hydrogen (secondary N) is 1. The lowest BCUT2D eigenvalue weighted by atomic mass is 9.98. The maximum absolute atomic E-state index is 13.3. The van der Waals surface area contributed by atoms with Crippen molar-refractivity contribution in [1.29, 1.82) is 0 Å². The van der Waals surface area contributed by atoms with Crippen LogP contribution < -0.4 is 10.9 Å². The Morgan fingerprint density at radius 1 is 1.05 bits per heavy atom. The second kappa shape index (κ2) is 14.2. The highest BCUT2D eigenvalue weighted by molar-refractivity contribution is 6.39. The van der Waals surface area contributed by atoms with Crippen molar-refractivity contribution in [3.8, 4) is 11.1 Å². The van der Waals surface area contributed by atoms with E-state index in [0.717, 1.165) is 26.2 Å². The summed E-state index contributed by atoms with van der Waals surface area (Å²) in [5, 5.41) is 2.90. The minimum atomic E-state index is -4.67. The second-order valence-electron chi connectivity index (χ2n) is 9.67. The summed E-state index contributed by atoms with van der Waals surface area (Å²) in [5.74, 6) is -1.31. The Bertz CT molecular complexity index is 1470. The number of hydrogen-bond acceptors (Lipinski definition) is 5. The van der Waals surface area contributed by atoms with E-state index in [9.17, 15) is 27.6 Å². The Balaban J connectivity index is 1.87. The van der Waals surface area contributed by atoms with Gasteiger partial charge < -0.3 is 19.5 Å². The van der Waals surface area contributed by atoms with Crippen molar-refractivity contribution in [3.63, 3.8) is 0 Å². The molecule has 1 unspecified atom stereocenters. The Hall–Kier alpha value is -3.34. The van der Waals surface area contributed by atoms with Crippen LogP contribution in [0, 0.1) is 6.92 Å². The molecule has 7 nitrogen and oxygen atoms in total. The average molecular weight is 627 g/mol. The van der Waals surface area contributed by atoms with Crippen LogP contribution in [0.25, 0.3) is 11.1 Å². The number of nitrogens with zero attached hydrogens (tertiary/aromatic N) is 2. The van der Waals surface area contributed by atoms with Crippen LogP contribution in [-0.4, -0.2) is 53.6 Å². The standard InChI is InChI=1S/C30H32Cl2F3N3O4/c1-5-38(6-2)14-15-42-29(41)23(36-27(39)26-21(31)8-7-9-22(26)32)17-19-10-12-20(13-11-19)25-18(3)16-24(30(33,34)35)37(4)28(25)40/h7-13,16,23H,5-6,14-15,17H2,1-4H3,(H,36,39). The lowest BCUT2D eigenvalue weighted by molar-refractivity contribution is -0.146. The van der Waals surface area contributed by atoms with Gasteiger partial charge >= 0.3 is 12.1 Å². The van der Waals surface area contributed by atoms with E-state index >= 15 is 0 Å². The molecule has 3 rings (SSSR count). The smallest absolute Gasteiger partial charge is 0.431 e. The number of likely N-dealkylation sites (N-methyl/N-ethyl adjacent to an activating group) is 1. The number of esters is 1. The number of hydrogen-bond donors (Lipinski definition) is 1. The molecule has 1 atom stereocenters. The molecule has 42 heavy (non-hydrogen) atoms. The quantitative estimate of drug-likeness (QED) is 0.268. The van der Waals surface area contributed by atoms with Crippen molar-refractivity contribution < 1.29 is 27.5 Å². The molecular formula is C30H32Cl2F3N3O4. The summed E-state index contributed by atoms with van der Waals surface area (Å²) in [5.41, 5.74) is -0.476. The molecule has 226 valence electrons. The van der Waals surface area contributed by atoms with E-state index in [1.807, 2.05) is 13.8 Å². The molecule has 0 spiro atoms. The van der Waals surface area contributed by atoms with Gasteiger partial charge in [-0.1, -0.05) is 67.4 Å². The Morgan fingerprint density at radius 3 is 2.19 bits per heavy atom. The number of rotatable bonds is 11. The van der Waals surface area contributed by atoms with Gasteiger partial charge in [0.1, 0.15) is 18.3 Å². The van der Waals surface area contributed by atoms with Crippen LogP contribution in [0.1, 0.15) is 41.0 Å². The van der Waals surface area contributed by atoms with Gasteiger partial charge in [0.2, 0.25) is 0 Å². The normalized spacial score (nSPS) is 12.3. The van der Waals surface area contributed by atoms with Gasteiger partial charge in [-0.3, -0.25) is 9.59 Å². The monoisotopic (exact) mass is 625 g/mol. The first kappa shape index (κ1) is 33.2. The number of alkyl halides is 3. The highest BCUT2D eigenvalue weighted by atomic mass is 35.5. The van der Waals surface area contributed by atoms with Gasteiger partial charge in [0.05, 0.1) is 21.2 Å². The van der Waals surface area contributed by atoms with E-state index in [2.05, 4.69) is 10.2 Å². The van der Waals surface area contributed by atoms with Gasteiger partial charge in [-0.15, -0.1) is 0 Å². The topological polar surface area (TPSA) is 80.6 Å². The minimum Gasteiger partial charge on any atom is -0.463 e. The van der Waals surface area contributed by atoms with Crippen LogP contribution in [0.3, 0.4) is 0 Å². The third-order valence-electron chi connectivity index (χ3n) is 6.93. The Kier molecular flexibility index (Phi) is 11.2. The number of pyridine rings is 1. The molecule has 0 aliphatic carbocycles. The van der Waals surface area contributed by atoms with Crippen LogP contribution >= 0.6 is 23.2 Å². The molecule has 0 saturated heterocycles. The molecule has 1 N–H and O–H groups in total. The van der Waals surface area contributed by atoms with Gasteiger partial charge in [-0.25, -0.2) is 4.79 Å². The number of aromatic nitrogens is 1. The van der Waals surface area contributed by atoms with Crippen molar-refractivity contribution in [2.24, 2.45) is 7.05 Å². The molecule has 0 aliphatic heterocycles. The molecule has 0 saturated carbocycles. The number of carbonyl (C=O) groups is 2. The van der Waals surface area contributed by atoms with Crippen LogP contribution in [0.5, 0.6) is 0 Å². The lowest BCUT2D eigenvalue weighted by Gasteiger charge is -2.21. The first-order valence-corrected chi connectivity index (χ1v) is 14.0.